The molecule has 154 valence electrons. The summed E-state index contributed by atoms with van der Waals surface area (Å²) in [5, 5.41) is 5.02. The molecular weight excluding hydrogens is 364 g/mol. The normalized spacial score (nSPS) is 39.4. The summed E-state index contributed by atoms with van der Waals surface area (Å²) in [5.74, 6) is 1.87. The molecule has 5 aliphatic rings. The Morgan fingerprint density at radius 1 is 1.07 bits per heavy atom. The number of halogens is 1. The van der Waals surface area contributed by atoms with Gasteiger partial charge in [0.2, 0.25) is 0 Å². The number of nitrogens with one attached hydrogen (secondary N) is 1. The summed E-state index contributed by atoms with van der Waals surface area (Å²) in [6.45, 7) is 8.57. The average molecular weight is 401 g/mol. The molecule has 1 heterocycles. The van der Waals surface area contributed by atoms with Crippen molar-refractivity contribution in [2.45, 2.75) is 82.7 Å². The minimum absolute atomic E-state index is 0.413. The molecule has 1 aromatic rings. The summed E-state index contributed by atoms with van der Waals surface area (Å²) in [5.41, 5.74) is 2.49. The molecule has 0 aromatic heterocycles. The van der Waals surface area contributed by atoms with E-state index < -0.39 is 0 Å². The van der Waals surface area contributed by atoms with Crippen LogP contribution < -0.4 is 5.32 Å². The van der Waals surface area contributed by atoms with E-state index in [9.17, 15) is 0 Å². The van der Waals surface area contributed by atoms with Gasteiger partial charge in [-0.25, -0.2) is 0 Å². The predicted octanol–water partition coefficient (Wildman–Crippen LogP) is 5.64. The van der Waals surface area contributed by atoms with Gasteiger partial charge in [0.05, 0.1) is 0 Å². The molecule has 4 bridgehead atoms. The number of piperidine rings is 1. The van der Waals surface area contributed by atoms with Gasteiger partial charge in [0.15, 0.2) is 0 Å². The molecule has 4 aliphatic carbocycles. The van der Waals surface area contributed by atoms with Crippen LogP contribution in [0.3, 0.4) is 0 Å². The van der Waals surface area contributed by atoms with E-state index in [0.29, 0.717) is 16.9 Å². The topological polar surface area (TPSA) is 15.3 Å². The second-order valence-corrected chi connectivity index (χ2v) is 11.1. The van der Waals surface area contributed by atoms with Crippen molar-refractivity contribution in [2.24, 2.45) is 17.3 Å². The molecule has 2 nitrogen and oxygen atoms in total. The first-order valence-corrected chi connectivity index (χ1v) is 12.1. The third kappa shape index (κ3) is 3.34. The lowest BCUT2D eigenvalue weighted by atomic mass is 9.41. The fraction of sp³-hybridized carbons (Fsp3) is 0.760. The van der Waals surface area contributed by atoms with E-state index in [-0.39, 0.29) is 0 Å². The molecule has 6 rings (SSSR count). The standard InChI is InChI=1S/C25H37ClN2/c1-3-28-10-8-23(9-11-28)27-18(2)24-13-19-12-20(14-24)16-25(15-19,17-24)21-4-6-22(26)7-5-21/h4-7,18-20,23,27H,3,8-17H2,1-2H3/t18-,19-,20+,24?,25?/m0/s1. The minimum Gasteiger partial charge on any atom is -0.311 e. The Kier molecular flexibility index (Phi) is 5.05. The van der Waals surface area contributed by atoms with Crippen molar-refractivity contribution in [2.75, 3.05) is 19.6 Å². The van der Waals surface area contributed by atoms with Gasteiger partial charge in [0, 0.05) is 17.1 Å². The van der Waals surface area contributed by atoms with Gasteiger partial charge in [-0.15, -0.1) is 0 Å². The number of rotatable bonds is 5. The van der Waals surface area contributed by atoms with Gasteiger partial charge in [-0.3, -0.25) is 0 Å². The Balaban J connectivity index is 1.35. The van der Waals surface area contributed by atoms with E-state index in [2.05, 4.69) is 48.3 Å². The van der Waals surface area contributed by atoms with Crippen LogP contribution in [0.4, 0.5) is 0 Å². The van der Waals surface area contributed by atoms with E-state index in [0.717, 1.165) is 22.9 Å². The van der Waals surface area contributed by atoms with E-state index in [1.807, 2.05) is 0 Å². The third-order valence-electron chi connectivity index (χ3n) is 9.00. The van der Waals surface area contributed by atoms with Crippen LogP contribution in [0.1, 0.15) is 70.8 Å². The van der Waals surface area contributed by atoms with Crippen LogP contribution in [-0.4, -0.2) is 36.6 Å². The Bertz CT molecular complexity index is 677. The lowest BCUT2D eigenvalue weighted by Gasteiger charge is -2.64. The molecule has 0 amide bonds. The van der Waals surface area contributed by atoms with Crippen LogP contribution in [0.15, 0.2) is 24.3 Å². The number of hydrogen-bond donors (Lipinski definition) is 1. The highest BCUT2D eigenvalue weighted by molar-refractivity contribution is 6.30. The zero-order chi connectivity index (χ0) is 19.4. The summed E-state index contributed by atoms with van der Waals surface area (Å²) < 4.78 is 0. The third-order valence-corrected chi connectivity index (χ3v) is 9.25. The van der Waals surface area contributed by atoms with Crippen molar-refractivity contribution in [3.8, 4) is 0 Å². The summed E-state index contributed by atoms with van der Waals surface area (Å²) in [6, 6.07) is 10.3. The van der Waals surface area contributed by atoms with E-state index >= 15 is 0 Å². The molecule has 28 heavy (non-hydrogen) atoms. The Hall–Kier alpha value is -0.570. The maximum atomic E-state index is 6.21. The van der Waals surface area contributed by atoms with Gasteiger partial charge in [-0.1, -0.05) is 30.7 Å². The van der Waals surface area contributed by atoms with Gasteiger partial charge in [-0.05, 0) is 118 Å². The zero-order valence-electron chi connectivity index (χ0n) is 17.7. The second-order valence-electron chi connectivity index (χ2n) is 10.7. The Morgan fingerprint density at radius 3 is 2.32 bits per heavy atom. The zero-order valence-corrected chi connectivity index (χ0v) is 18.5. The fourth-order valence-corrected chi connectivity index (χ4v) is 8.05. The SMILES string of the molecule is CCN1CCC(N[C@@H](C)C23C[C@@H]4C[C@@H](CC(c5ccc(Cl)cc5)(C4)C2)C3)CC1. The highest BCUT2D eigenvalue weighted by atomic mass is 35.5. The number of likely N-dealkylation sites (tertiary alicyclic amines) is 1. The van der Waals surface area contributed by atoms with Crippen LogP contribution in [0.2, 0.25) is 5.02 Å². The van der Waals surface area contributed by atoms with Crippen LogP contribution in [0.5, 0.6) is 0 Å². The van der Waals surface area contributed by atoms with Crippen molar-refractivity contribution >= 4 is 11.6 Å². The van der Waals surface area contributed by atoms with Crippen LogP contribution in [-0.2, 0) is 5.41 Å². The molecule has 5 fully saturated rings. The van der Waals surface area contributed by atoms with Crippen LogP contribution >= 0.6 is 11.6 Å². The molecule has 0 spiro atoms. The first-order chi connectivity index (χ1) is 13.5. The molecule has 1 aromatic carbocycles. The predicted molar refractivity (Wildman–Crippen MR) is 118 cm³/mol. The van der Waals surface area contributed by atoms with Crippen molar-refractivity contribution in [1.29, 1.82) is 0 Å². The molecule has 1 N–H and O–H groups in total. The molecule has 5 atom stereocenters. The van der Waals surface area contributed by atoms with Gasteiger partial charge < -0.3 is 10.2 Å². The second kappa shape index (κ2) is 7.29. The number of benzene rings is 1. The Morgan fingerprint density at radius 2 is 1.71 bits per heavy atom. The summed E-state index contributed by atoms with van der Waals surface area (Å²) >= 11 is 6.21. The fourth-order valence-electron chi connectivity index (χ4n) is 7.93. The first-order valence-electron chi connectivity index (χ1n) is 11.7. The molecule has 1 saturated heterocycles. The van der Waals surface area contributed by atoms with Gasteiger partial charge in [0.1, 0.15) is 0 Å². The molecule has 2 unspecified atom stereocenters. The van der Waals surface area contributed by atoms with Crippen LogP contribution in [0, 0.1) is 17.3 Å². The van der Waals surface area contributed by atoms with Crippen molar-refractivity contribution in [1.82, 2.24) is 10.2 Å². The average Bonchev–Trinajstić information content (AvgIpc) is 2.68. The molecular formula is C25H37ClN2. The highest BCUT2D eigenvalue weighted by Gasteiger charge is 2.59. The van der Waals surface area contributed by atoms with Gasteiger partial charge in [-0.2, -0.15) is 0 Å². The highest BCUT2D eigenvalue weighted by Crippen LogP contribution is 2.66. The van der Waals surface area contributed by atoms with Crippen molar-refractivity contribution in [3.63, 3.8) is 0 Å². The smallest absolute Gasteiger partial charge is 0.0406 e. The van der Waals surface area contributed by atoms with Crippen molar-refractivity contribution in [3.05, 3.63) is 34.9 Å². The van der Waals surface area contributed by atoms with Crippen molar-refractivity contribution < 1.29 is 0 Å². The maximum absolute atomic E-state index is 6.21. The van der Waals surface area contributed by atoms with E-state index in [4.69, 9.17) is 11.6 Å². The molecule has 3 heteroatoms. The Labute approximate surface area is 176 Å². The first kappa shape index (κ1) is 19.4. The summed E-state index contributed by atoms with van der Waals surface area (Å²) in [6.07, 6.45) is 11.3. The maximum Gasteiger partial charge on any atom is 0.0406 e. The van der Waals surface area contributed by atoms with Gasteiger partial charge in [0.25, 0.3) is 0 Å². The summed E-state index contributed by atoms with van der Waals surface area (Å²) in [4.78, 5) is 2.60. The van der Waals surface area contributed by atoms with E-state index in [1.165, 1.54) is 71.0 Å². The lowest BCUT2D eigenvalue weighted by Crippen LogP contribution is -2.61. The van der Waals surface area contributed by atoms with E-state index in [1.54, 1.807) is 5.56 Å². The quantitative estimate of drug-likeness (QED) is 0.687. The monoisotopic (exact) mass is 400 g/mol. The molecule has 0 radical (unpaired) electrons. The summed E-state index contributed by atoms with van der Waals surface area (Å²) in [7, 11) is 0. The minimum atomic E-state index is 0.413. The molecule has 1 aliphatic heterocycles. The number of nitrogens with zero attached hydrogens (tertiary/aromatic N) is 1. The molecule has 4 saturated carbocycles. The van der Waals surface area contributed by atoms with Gasteiger partial charge >= 0.3 is 0 Å². The van der Waals surface area contributed by atoms with Crippen LogP contribution in [0.25, 0.3) is 0 Å². The number of hydrogen-bond acceptors (Lipinski definition) is 2. The lowest BCUT2D eigenvalue weighted by molar-refractivity contribution is -0.0903. The largest absolute Gasteiger partial charge is 0.311 e.